The highest BCUT2D eigenvalue weighted by Gasteiger charge is 2.28. The maximum Gasteiger partial charge on any atom is 0.341 e. The number of carbonyl (C=O) groups excluding carboxylic acids is 1. The van der Waals surface area contributed by atoms with E-state index in [-0.39, 0.29) is 46.4 Å². The second-order valence-corrected chi connectivity index (χ2v) is 8.59. The number of hydrogen-bond acceptors (Lipinski definition) is 10. The molecular weight excluding hydrogens is 476 g/mol. The lowest BCUT2D eigenvalue weighted by atomic mass is 10.0. The van der Waals surface area contributed by atoms with Crippen molar-refractivity contribution in [1.82, 2.24) is 0 Å². The van der Waals surface area contributed by atoms with Crippen molar-refractivity contribution in [2.24, 2.45) is 5.73 Å². The topological polar surface area (TPSA) is 170 Å². The summed E-state index contributed by atoms with van der Waals surface area (Å²) in [5.74, 6) is -1.48. The molecule has 1 atom stereocenters. The van der Waals surface area contributed by atoms with E-state index in [0.717, 1.165) is 6.07 Å². The number of ether oxygens (including phenoxy) is 5. The van der Waals surface area contributed by atoms with Crippen LogP contribution in [0.3, 0.4) is 0 Å². The molecular formula is C24H30N2O10. The number of benzene rings is 2. The summed E-state index contributed by atoms with van der Waals surface area (Å²) in [4.78, 5) is 34.6. The third-order valence-corrected chi connectivity index (χ3v) is 4.85. The van der Waals surface area contributed by atoms with Gasteiger partial charge in [-0.05, 0) is 45.9 Å². The third-order valence-electron chi connectivity index (χ3n) is 4.85. The van der Waals surface area contributed by atoms with Crippen LogP contribution in [0, 0.1) is 10.1 Å². The van der Waals surface area contributed by atoms with Gasteiger partial charge in [0.2, 0.25) is 0 Å². The number of carboxylic acids is 1. The molecule has 0 aliphatic carbocycles. The van der Waals surface area contributed by atoms with Crippen molar-refractivity contribution in [2.45, 2.75) is 45.9 Å². The summed E-state index contributed by atoms with van der Waals surface area (Å²) in [6.07, 6.45) is -0.903. The van der Waals surface area contributed by atoms with Crippen molar-refractivity contribution in [3.63, 3.8) is 0 Å². The van der Waals surface area contributed by atoms with Gasteiger partial charge in [-0.25, -0.2) is 9.59 Å². The molecule has 3 N–H and O–H groups in total. The molecule has 0 fully saturated rings. The van der Waals surface area contributed by atoms with Crippen molar-refractivity contribution in [1.29, 1.82) is 0 Å². The number of methoxy groups -OCH3 is 2. The van der Waals surface area contributed by atoms with Gasteiger partial charge in [-0.15, -0.1) is 0 Å². The molecule has 36 heavy (non-hydrogen) atoms. The minimum atomic E-state index is -1.25. The average Bonchev–Trinajstić information content (AvgIpc) is 2.80. The summed E-state index contributed by atoms with van der Waals surface area (Å²) in [6.45, 7) is 6.02. The summed E-state index contributed by atoms with van der Waals surface area (Å²) >= 11 is 0. The Hall–Kier alpha value is -4.06. The van der Waals surface area contributed by atoms with Gasteiger partial charge >= 0.3 is 11.9 Å². The first-order valence-electron chi connectivity index (χ1n) is 10.8. The predicted molar refractivity (Wildman–Crippen MR) is 128 cm³/mol. The van der Waals surface area contributed by atoms with Crippen LogP contribution in [0.2, 0.25) is 0 Å². The molecule has 2 aromatic carbocycles. The van der Waals surface area contributed by atoms with E-state index in [0.29, 0.717) is 5.56 Å². The molecule has 12 nitrogen and oxygen atoms in total. The Kier molecular flexibility index (Phi) is 9.06. The Balaban J connectivity index is 2.50. The molecule has 1 unspecified atom stereocenters. The highest BCUT2D eigenvalue weighted by molar-refractivity contribution is 5.92. The maximum absolute atomic E-state index is 12.7. The predicted octanol–water partition coefficient (Wildman–Crippen LogP) is 3.63. The van der Waals surface area contributed by atoms with Crippen molar-refractivity contribution in [3.8, 4) is 23.0 Å². The number of carbonyl (C=O) groups is 2. The Morgan fingerprint density at radius 2 is 1.78 bits per heavy atom. The average molecular weight is 507 g/mol. The molecule has 0 amide bonds. The number of hydrogen-bond donors (Lipinski definition) is 2. The fraction of sp³-hybridized carbons (Fsp3) is 0.417. The number of esters is 1. The van der Waals surface area contributed by atoms with Gasteiger partial charge in [-0.1, -0.05) is 0 Å². The Morgan fingerprint density at radius 3 is 2.28 bits per heavy atom. The molecule has 0 saturated heterocycles. The second kappa shape index (κ2) is 11.6. The van der Waals surface area contributed by atoms with Crippen LogP contribution >= 0.6 is 0 Å². The molecule has 2 rings (SSSR count). The molecule has 196 valence electrons. The lowest BCUT2D eigenvalue weighted by Gasteiger charge is -2.23. The highest BCUT2D eigenvalue weighted by Crippen LogP contribution is 2.41. The molecule has 0 aromatic heterocycles. The van der Waals surface area contributed by atoms with E-state index in [1.807, 2.05) is 0 Å². The van der Waals surface area contributed by atoms with Crippen molar-refractivity contribution >= 4 is 17.6 Å². The fourth-order valence-corrected chi connectivity index (χ4v) is 3.36. The van der Waals surface area contributed by atoms with E-state index in [4.69, 9.17) is 34.5 Å². The maximum atomic E-state index is 12.7. The number of carboxylic acid groups (broad SMARTS) is 1. The lowest BCUT2D eigenvalue weighted by molar-refractivity contribution is -0.386. The van der Waals surface area contributed by atoms with E-state index in [1.54, 1.807) is 27.7 Å². The van der Waals surface area contributed by atoms with Crippen molar-refractivity contribution in [3.05, 3.63) is 51.1 Å². The monoisotopic (exact) mass is 506 g/mol. The zero-order valence-corrected chi connectivity index (χ0v) is 20.9. The van der Waals surface area contributed by atoms with Crippen LogP contribution < -0.4 is 24.7 Å². The van der Waals surface area contributed by atoms with Crippen LogP contribution in [-0.2, 0) is 16.1 Å². The SMILES string of the molecule is COc1cc(C(C)Oc2ccc(C(=O)OC(C)(C)C)c(CN)c2OC)c([N+](=O)[O-])cc1OCC(=O)O. The number of nitrogens with zero attached hydrogens (tertiary/aromatic N) is 1. The Labute approximate surface area is 208 Å². The number of nitrogens with two attached hydrogens (primary N) is 1. The summed E-state index contributed by atoms with van der Waals surface area (Å²) in [6, 6.07) is 5.39. The Bertz CT molecular complexity index is 1140. The van der Waals surface area contributed by atoms with Gasteiger partial charge in [0.05, 0.1) is 36.3 Å². The largest absolute Gasteiger partial charge is 0.493 e. The molecule has 0 spiro atoms. The minimum absolute atomic E-state index is 0.0626. The van der Waals surface area contributed by atoms with Gasteiger partial charge in [0, 0.05) is 12.1 Å². The second-order valence-electron chi connectivity index (χ2n) is 8.59. The summed E-state index contributed by atoms with van der Waals surface area (Å²) in [7, 11) is 2.70. The highest BCUT2D eigenvalue weighted by atomic mass is 16.6. The first-order chi connectivity index (χ1) is 16.8. The van der Waals surface area contributed by atoms with Crippen molar-refractivity contribution in [2.75, 3.05) is 20.8 Å². The first kappa shape index (κ1) is 28.2. The van der Waals surface area contributed by atoms with Crippen LogP contribution in [-0.4, -0.2) is 48.4 Å². The molecule has 0 saturated carbocycles. The zero-order chi connectivity index (χ0) is 27.2. The van der Waals surface area contributed by atoms with Gasteiger partial charge in [0.15, 0.2) is 29.6 Å². The molecule has 0 heterocycles. The fourth-order valence-electron chi connectivity index (χ4n) is 3.36. The number of aliphatic carboxylic acids is 1. The molecule has 12 heteroatoms. The lowest BCUT2D eigenvalue weighted by Crippen LogP contribution is -2.25. The molecule has 2 aromatic rings. The van der Waals surface area contributed by atoms with Crippen LogP contribution in [0.15, 0.2) is 24.3 Å². The van der Waals surface area contributed by atoms with Gasteiger partial charge in [-0.3, -0.25) is 10.1 Å². The van der Waals surface area contributed by atoms with Crippen molar-refractivity contribution < 1.29 is 43.3 Å². The normalized spacial score (nSPS) is 11.9. The molecule has 0 aliphatic rings. The van der Waals surface area contributed by atoms with Crippen LogP contribution in [0.5, 0.6) is 23.0 Å². The van der Waals surface area contributed by atoms with Gasteiger partial charge in [0.25, 0.3) is 5.69 Å². The number of nitro groups is 1. The summed E-state index contributed by atoms with van der Waals surface area (Å²) in [5, 5.41) is 20.6. The third kappa shape index (κ3) is 6.75. The smallest absolute Gasteiger partial charge is 0.341 e. The van der Waals surface area contributed by atoms with Crippen LogP contribution in [0.1, 0.15) is 55.3 Å². The van der Waals surface area contributed by atoms with E-state index in [1.165, 1.54) is 32.4 Å². The standard InChI is InChI=1S/C24H30N2O10/c1-13(15-9-19(32-5)20(34-12-21(27)28)10-17(15)26(30)31)35-18-8-7-14(16(11-25)22(18)33-6)23(29)36-24(2,3)4/h7-10,13H,11-12,25H2,1-6H3,(H,27,28). The van der Waals surface area contributed by atoms with E-state index in [2.05, 4.69) is 0 Å². The summed E-state index contributed by atoms with van der Waals surface area (Å²) in [5.41, 5.74) is 5.50. The van der Waals surface area contributed by atoms with E-state index < -0.39 is 35.2 Å². The minimum Gasteiger partial charge on any atom is -0.493 e. The molecule has 0 bridgehead atoms. The first-order valence-corrected chi connectivity index (χ1v) is 10.8. The van der Waals surface area contributed by atoms with Gasteiger partial charge in [-0.2, -0.15) is 0 Å². The van der Waals surface area contributed by atoms with E-state index in [9.17, 15) is 19.7 Å². The molecule has 0 aliphatic heterocycles. The number of nitro benzene ring substituents is 1. The van der Waals surface area contributed by atoms with Crippen LogP contribution in [0.4, 0.5) is 5.69 Å². The zero-order valence-electron chi connectivity index (χ0n) is 20.9. The summed E-state index contributed by atoms with van der Waals surface area (Å²) < 4.78 is 27.3. The Morgan fingerprint density at radius 1 is 1.11 bits per heavy atom. The van der Waals surface area contributed by atoms with Crippen LogP contribution in [0.25, 0.3) is 0 Å². The quantitative estimate of drug-likeness (QED) is 0.259. The molecule has 0 radical (unpaired) electrons. The van der Waals surface area contributed by atoms with E-state index >= 15 is 0 Å². The van der Waals surface area contributed by atoms with Gasteiger partial charge < -0.3 is 34.5 Å². The van der Waals surface area contributed by atoms with Gasteiger partial charge in [0.1, 0.15) is 11.7 Å². The number of rotatable bonds is 11.